The lowest BCUT2D eigenvalue weighted by molar-refractivity contribution is 0.372. The van der Waals surface area contributed by atoms with Crippen LogP contribution in [0.15, 0.2) is 21.4 Å². The van der Waals surface area contributed by atoms with Crippen LogP contribution in [0.4, 0.5) is 0 Å². The van der Waals surface area contributed by atoms with Gasteiger partial charge in [-0.1, -0.05) is 0 Å². The molecule has 0 amide bonds. The van der Waals surface area contributed by atoms with Gasteiger partial charge in [0.25, 0.3) is 5.56 Å². The zero-order chi connectivity index (χ0) is 17.9. The van der Waals surface area contributed by atoms with E-state index in [0.717, 1.165) is 11.3 Å². The van der Waals surface area contributed by atoms with Crippen LogP contribution >= 0.6 is 27.3 Å². The van der Waals surface area contributed by atoms with Gasteiger partial charge in [0.2, 0.25) is 0 Å². The fraction of sp³-hybridized carbons (Fsp3) is 0.188. The number of nitrogens with zero attached hydrogens (tertiary/aromatic N) is 3. The average Bonchev–Trinajstić information content (AvgIpc) is 2.87. The molecule has 0 aliphatic rings. The monoisotopic (exact) mass is 405 g/mol. The molecule has 0 unspecified atom stereocenters. The van der Waals surface area contributed by atoms with Crippen molar-refractivity contribution in [3.63, 3.8) is 0 Å². The summed E-state index contributed by atoms with van der Waals surface area (Å²) in [5.41, 5.74) is 0.270. The molecule has 0 saturated carbocycles. The van der Waals surface area contributed by atoms with Crippen molar-refractivity contribution < 1.29 is 9.84 Å². The van der Waals surface area contributed by atoms with E-state index in [0.29, 0.717) is 25.8 Å². The summed E-state index contributed by atoms with van der Waals surface area (Å²) >= 11 is 4.31. The highest BCUT2D eigenvalue weighted by Gasteiger charge is 2.10. The maximum absolute atomic E-state index is 12.5. The molecule has 2 aromatic rings. The molecule has 122 valence electrons. The van der Waals surface area contributed by atoms with E-state index >= 15 is 0 Å². The van der Waals surface area contributed by atoms with E-state index in [9.17, 15) is 9.90 Å². The predicted octanol–water partition coefficient (Wildman–Crippen LogP) is 1.43. The third-order valence-corrected chi connectivity index (χ3v) is 4.96. The highest BCUT2D eigenvalue weighted by Crippen LogP contribution is 2.35. The second-order valence-corrected chi connectivity index (χ2v) is 6.50. The summed E-state index contributed by atoms with van der Waals surface area (Å²) in [6.45, 7) is 2.13. The molecule has 8 heteroatoms. The van der Waals surface area contributed by atoms with E-state index in [-0.39, 0.29) is 22.6 Å². The van der Waals surface area contributed by atoms with E-state index in [4.69, 9.17) is 15.3 Å². The van der Waals surface area contributed by atoms with Crippen molar-refractivity contribution in [3.8, 4) is 23.6 Å². The number of ether oxygens (including phenoxy) is 1. The van der Waals surface area contributed by atoms with Crippen molar-refractivity contribution in [2.75, 3.05) is 7.11 Å². The molecule has 0 bridgehead atoms. The summed E-state index contributed by atoms with van der Waals surface area (Å²) in [5, 5.41) is 27.9. The highest BCUT2D eigenvalue weighted by atomic mass is 79.9. The van der Waals surface area contributed by atoms with E-state index in [1.807, 2.05) is 12.1 Å². The van der Waals surface area contributed by atoms with Crippen LogP contribution in [-0.2, 0) is 6.54 Å². The smallest absolute Gasteiger partial charge is 0.269 e. The summed E-state index contributed by atoms with van der Waals surface area (Å²) in [4.78, 5) is 12.5. The Kier molecular flexibility index (Phi) is 5.45. The number of aromatic hydroxyl groups is 1. The minimum atomic E-state index is -0.274. The van der Waals surface area contributed by atoms with Crippen LogP contribution in [0.1, 0.15) is 12.5 Å². The topological polar surface area (TPSA) is 99.0 Å². The molecule has 0 spiro atoms. The lowest BCUT2D eigenvalue weighted by Crippen LogP contribution is -2.31. The third-order valence-electron chi connectivity index (χ3n) is 3.23. The zero-order valence-electron chi connectivity index (χ0n) is 12.8. The summed E-state index contributed by atoms with van der Waals surface area (Å²) < 4.78 is 7.63. The number of phenols is 1. The number of aromatic nitrogens is 1. The number of halogens is 1. The average molecular weight is 406 g/mol. The summed E-state index contributed by atoms with van der Waals surface area (Å²) in [7, 11) is 1.43. The van der Waals surface area contributed by atoms with Gasteiger partial charge in [-0.05, 0) is 46.6 Å². The number of rotatable bonds is 3. The first-order valence-corrected chi connectivity index (χ1v) is 8.40. The van der Waals surface area contributed by atoms with Gasteiger partial charge in [0, 0.05) is 6.54 Å². The maximum Gasteiger partial charge on any atom is 0.269 e. The van der Waals surface area contributed by atoms with Gasteiger partial charge in [-0.25, -0.2) is 0 Å². The van der Waals surface area contributed by atoms with E-state index in [2.05, 4.69) is 15.9 Å². The fourth-order valence-electron chi connectivity index (χ4n) is 2.10. The first kappa shape index (κ1) is 17.8. The molecule has 1 aromatic heterocycles. The molecule has 1 aromatic carbocycles. The van der Waals surface area contributed by atoms with Crippen molar-refractivity contribution in [1.29, 1.82) is 10.5 Å². The third kappa shape index (κ3) is 3.21. The van der Waals surface area contributed by atoms with Gasteiger partial charge in [-0.15, -0.1) is 11.3 Å². The second-order valence-electron chi connectivity index (χ2n) is 4.62. The number of thiazole rings is 1. The number of methoxy groups -OCH3 is 1. The SMILES string of the molecule is CCn1c(=C(C#N)C#N)s/c(=C\c2cc(Br)c(O)c(OC)c2)c1=O. The summed E-state index contributed by atoms with van der Waals surface area (Å²) in [6.07, 6.45) is 1.63. The minimum absolute atomic E-state index is 0.0305. The van der Waals surface area contributed by atoms with Gasteiger partial charge < -0.3 is 9.84 Å². The van der Waals surface area contributed by atoms with Crippen LogP contribution in [0.3, 0.4) is 0 Å². The number of hydrogen-bond acceptors (Lipinski definition) is 6. The Labute approximate surface area is 149 Å². The lowest BCUT2D eigenvalue weighted by atomic mass is 10.2. The summed E-state index contributed by atoms with van der Waals surface area (Å²) in [5.74, 6) is 0.238. The first-order chi connectivity index (χ1) is 11.5. The molecule has 0 radical (unpaired) electrons. The van der Waals surface area contributed by atoms with Crippen molar-refractivity contribution in [3.05, 3.63) is 41.7 Å². The molecule has 1 heterocycles. The normalized spacial score (nSPS) is 11.0. The number of phenolic OH excluding ortho intramolecular Hbond substituents is 1. The Hall–Kier alpha value is -2.55. The van der Waals surface area contributed by atoms with Gasteiger partial charge in [0.05, 0.1) is 16.1 Å². The van der Waals surface area contributed by atoms with Crippen molar-refractivity contribution in [1.82, 2.24) is 4.57 Å². The zero-order valence-corrected chi connectivity index (χ0v) is 15.2. The van der Waals surface area contributed by atoms with Gasteiger partial charge in [-0.2, -0.15) is 10.5 Å². The van der Waals surface area contributed by atoms with Gasteiger partial charge in [0.1, 0.15) is 16.8 Å². The maximum atomic E-state index is 12.5. The van der Waals surface area contributed by atoms with Crippen molar-refractivity contribution in [2.24, 2.45) is 0 Å². The van der Waals surface area contributed by atoms with Crippen LogP contribution in [0.25, 0.3) is 11.6 Å². The highest BCUT2D eigenvalue weighted by molar-refractivity contribution is 9.10. The molecule has 0 fully saturated rings. The Bertz CT molecular complexity index is 1040. The Morgan fingerprint density at radius 3 is 2.67 bits per heavy atom. The molecule has 0 saturated heterocycles. The number of hydrogen-bond donors (Lipinski definition) is 1. The first-order valence-electron chi connectivity index (χ1n) is 6.79. The second kappa shape index (κ2) is 7.35. The van der Waals surface area contributed by atoms with Crippen LogP contribution in [0.2, 0.25) is 0 Å². The van der Waals surface area contributed by atoms with Crippen molar-refractivity contribution >= 4 is 38.9 Å². The standard InChI is InChI=1S/C16H12BrN3O3S/c1-3-20-15(22)13(24-16(20)10(7-18)8-19)6-9-4-11(17)14(21)12(5-9)23-2/h4-6,21H,3H2,1-2H3/b13-6-. The largest absolute Gasteiger partial charge is 0.503 e. The lowest BCUT2D eigenvalue weighted by Gasteiger charge is -2.06. The predicted molar refractivity (Wildman–Crippen MR) is 94.1 cm³/mol. The Balaban J connectivity index is 2.81. The Morgan fingerprint density at radius 2 is 2.12 bits per heavy atom. The van der Waals surface area contributed by atoms with Gasteiger partial charge >= 0.3 is 0 Å². The molecule has 24 heavy (non-hydrogen) atoms. The van der Waals surface area contributed by atoms with Crippen LogP contribution < -0.4 is 19.5 Å². The number of benzene rings is 1. The van der Waals surface area contributed by atoms with Gasteiger partial charge in [0.15, 0.2) is 17.1 Å². The molecular formula is C16H12BrN3O3S. The van der Waals surface area contributed by atoms with Crippen LogP contribution in [0.5, 0.6) is 11.5 Å². The molecular weight excluding hydrogens is 394 g/mol. The van der Waals surface area contributed by atoms with Gasteiger partial charge in [-0.3, -0.25) is 9.36 Å². The van der Waals surface area contributed by atoms with Crippen LogP contribution in [0, 0.1) is 22.7 Å². The molecule has 2 rings (SSSR count). The Morgan fingerprint density at radius 1 is 1.46 bits per heavy atom. The number of nitriles is 2. The molecule has 1 N–H and O–H groups in total. The molecule has 0 aliphatic carbocycles. The fourth-order valence-corrected chi connectivity index (χ4v) is 3.67. The quantitative estimate of drug-likeness (QED) is 0.832. The molecule has 0 aliphatic heterocycles. The minimum Gasteiger partial charge on any atom is -0.503 e. The molecule has 6 nitrogen and oxygen atoms in total. The summed E-state index contributed by atoms with van der Waals surface area (Å²) in [6, 6.07) is 6.86. The van der Waals surface area contributed by atoms with E-state index in [1.54, 1.807) is 25.1 Å². The van der Waals surface area contributed by atoms with Crippen molar-refractivity contribution in [2.45, 2.75) is 13.5 Å². The van der Waals surface area contributed by atoms with E-state index in [1.165, 1.54) is 11.7 Å². The van der Waals surface area contributed by atoms with Crippen LogP contribution in [-0.4, -0.2) is 16.8 Å². The molecule has 0 atom stereocenters. The van der Waals surface area contributed by atoms with E-state index < -0.39 is 0 Å².